The van der Waals surface area contributed by atoms with Crippen LogP contribution < -0.4 is 10.9 Å². The van der Waals surface area contributed by atoms with Gasteiger partial charge in [-0.25, -0.2) is 4.98 Å². The number of aromatic amines is 1. The van der Waals surface area contributed by atoms with Gasteiger partial charge in [-0.1, -0.05) is 36.9 Å². The number of nitrogens with zero attached hydrogens (tertiary/aromatic N) is 3. The van der Waals surface area contributed by atoms with E-state index in [9.17, 15) is 9.59 Å². The van der Waals surface area contributed by atoms with E-state index >= 15 is 0 Å². The highest BCUT2D eigenvalue weighted by Crippen LogP contribution is 2.17. The standard InChI is InChI=1S/C13H17N5O2S2/c1-4-8-7(3)14-12(16-11(8)20)21-6-9(19)15-13-18-17-10(5-2)22-13/h4-6H2,1-3H3,(H,14,16,20)(H,15,18,19). The maximum absolute atomic E-state index is 11.9. The van der Waals surface area contributed by atoms with Gasteiger partial charge < -0.3 is 4.98 Å². The zero-order chi connectivity index (χ0) is 16.1. The third-order valence-electron chi connectivity index (χ3n) is 2.91. The van der Waals surface area contributed by atoms with Crippen LogP contribution in [0.5, 0.6) is 0 Å². The number of anilines is 1. The highest BCUT2D eigenvalue weighted by molar-refractivity contribution is 7.99. The molecule has 2 N–H and O–H groups in total. The molecule has 2 rings (SSSR count). The summed E-state index contributed by atoms with van der Waals surface area (Å²) in [5.74, 6) is -0.0572. The maximum atomic E-state index is 11.9. The topological polar surface area (TPSA) is 101 Å². The van der Waals surface area contributed by atoms with E-state index in [0.29, 0.717) is 28.0 Å². The molecule has 0 saturated carbocycles. The summed E-state index contributed by atoms with van der Waals surface area (Å²) in [5, 5.41) is 12.3. The maximum Gasteiger partial charge on any atom is 0.254 e. The van der Waals surface area contributed by atoms with Gasteiger partial charge in [0.2, 0.25) is 11.0 Å². The molecule has 9 heteroatoms. The van der Waals surface area contributed by atoms with Crippen molar-refractivity contribution in [1.82, 2.24) is 20.2 Å². The average Bonchev–Trinajstić information content (AvgIpc) is 2.92. The van der Waals surface area contributed by atoms with Crippen molar-refractivity contribution in [3.63, 3.8) is 0 Å². The SMILES string of the molecule is CCc1nnc(NC(=O)CSc2nc(C)c(CC)c(=O)[nH]2)s1. The van der Waals surface area contributed by atoms with Gasteiger partial charge in [-0.05, 0) is 19.8 Å². The molecule has 0 spiro atoms. The van der Waals surface area contributed by atoms with Gasteiger partial charge in [0, 0.05) is 11.3 Å². The second-order valence-electron chi connectivity index (χ2n) is 4.48. The summed E-state index contributed by atoms with van der Waals surface area (Å²) in [6.45, 7) is 5.68. The van der Waals surface area contributed by atoms with E-state index in [1.807, 2.05) is 13.8 Å². The fourth-order valence-electron chi connectivity index (χ4n) is 1.81. The predicted molar refractivity (Wildman–Crippen MR) is 87.6 cm³/mol. The fourth-order valence-corrected chi connectivity index (χ4v) is 3.21. The zero-order valence-corrected chi connectivity index (χ0v) is 14.2. The van der Waals surface area contributed by atoms with Crippen molar-refractivity contribution < 1.29 is 4.79 Å². The van der Waals surface area contributed by atoms with Crippen molar-refractivity contribution in [3.05, 3.63) is 26.6 Å². The number of aryl methyl sites for hydroxylation is 2. The first-order valence-corrected chi connectivity index (χ1v) is 8.68. The second-order valence-corrected chi connectivity index (χ2v) is 6.51. The lowest BCUT2D eigenvalue weighted by Crippen LogP contribution is -2.18. The molecule has 0 aliphatic rings. The number of carbonyl (C=O) groups excluding carboxylic acids is 1. The van der Waals surface area contributed by atoms with Crippen molar-refractivity contribution >= 4 is 34.1 Å². The van der Waals surface area contributed by atoms with Crippen molar-refractivity contribution in [2.75, 3.05) is 11.1 Å². The van der Waals surface area contributed by atoms with Crippen molar-refractivity contribution in [2.24, 2.45) is 0 Å². The number of amides is 1. The Bertz CT molecular complexity index is 725. The first-order valence-electron chi connectivity index (χ1n) is 6.88. The van der Waals surface area contributed by atoms with Gasteiger partial charge in [-0.15, -0.1) is 10.2 Å². The summed E-state index contributed by atoms with van der Waals surface area (Å²) < 4.78 is 0. The molecule has 2 heterocycles. The van der Waals surface area contributed by atoms with Crippen LogP contribution in [0.2, 0.25) is 0 Å². The smallest absolute Gasteiger partial charge is 0.254 e. The summed E-state index contributed by atoms with van der Waals surface area (Å²) in [6.07, 6.45) is 1.42. The minimum absolute atomic E-state index is 0.144. The van der Waals surface area contributed by atoms with E-state index in [-0.39, 0.29) is 17.2 Å². The summed E-state index contributed by atoms with van der Waals surface area (Å²) in [6, 6.07) is 0. The summed E-state index contributed by atoms with van der Waals surface area (Å²) in [7, 11) is 0. The summed E-state index contributed by atoms with van der Waals surface area (Å²) >= 11 is 2.54. The molecule has 0 bridgehead atoms. The molecule has 0 aliphatic carbocycles. The molecule has 7 nitrogen and oxygen atoms in total. The molecule has 0 atom stereocenters. The average molecular weight is 339 g/mol. The van der Waals surface area contributed by atoms with Gasteiger partial charge in [0.05, 0.1) is 5.75 Å². The Morgan fingerprint density at radius 1 is 1.32 bits per heavy atom. The number of hydrogen-bond acceptors (Lipinski definition) is 7. The van der Waals surface area contributed by atoms with Crippen molar-refractivity contribution in [2.45, 2.75) is 38.8 Å². The van der Waals surface area contributed by atoms with E-state index < -0.39 is 0 Å². The predicted octanol–water partition coefficient (Wildman–Crippen LogP) is 1.79. The van der Waals surface area contributed by atoms with E-state index in [1.165, 1.54) is 23.1 Å². The van der Waals surface area contributed by atoms with Gasteiger partial charge in [0.1, 0.15) is 5.01 Å². The summed E-state index contributed by atoms with van der Waals surface area (Å²) in [5.41, 5.74) is 1.23. The van der Waals surface area contributed by atoms with Gasteiger partial charge in [0.15, 0.2) is 5.16 Å². The fraction of sp³-hybridized carbons (Fsp3) is 0.462. The zero-order valence-electron chi connectivity index (χ0n) is 12.6. The van der Waals surface area contributed by atoms with Crippen LogP contribution in [0.3, 0.4) is 0 Å². The molecule has 0 unspecified atom stereocenters. The number of carbonyl (C=O) groups is 1. The van der Waals surface area contributed by atoms with E-state index in [2.05, 4.69) is 25.5 Å². The molecule has 0 aromatic carbocycles. The molecule has 0 fully saturated rings. The van der Waals surface area contributed by atoms with E-state index in [1.54, 1.807) is 6.92 Å². The van der Waals surface area contributed by atoms with Crippen LogP contribution in [0, 0.1) is 6.92 Å². The normalized spacial score (nSPS) is 10.7. The number of rotatable bonds is 6. The first kappa shape index (κ1) is 16.6. The van der Waals surface area contributed by atoms with Crippen molar-refractivity contribution in [3.8, 4) is 0 Å². The van der Waals surface area contributed by atoms with Crippen LogP contribution in [0.4, 0.5) is 5.13 Å². The largest absolute Gasteiger partial charge is 0.301 e. The Morgan fingerprint density at radius 2 is 2.09 bits per heavy atom. The molecule has 22 heavy (non-hydrogen) atoms. The van der Waals surface area contributed by atoms with Gasteiger partial charge in [-0.2, -0.15) is 0 Å². The second kappa shape index (κ2) is 7.50. The Balaban J connectivity index is 1.95. The molecule has 0 radical (unpaired) electrons. The van der Waals surface area contributed by atoms with Crippen LogP contribution in [0.15, 0.2) is 9.95 Å². The third kappa shape index (κ3) is 4.14. The van der Waals surface area contributed by atoms with Gasteiger partial charge >= 0.3 is 0 Å². The highest BCUT2D eigenvalue weighted by atomic mass is 32.2. The molecule has 0 aliphatic heterocycles. The Morgan fingerprint density at radius 3 is 2.68 bits per heavy atom. The molecule has 2 aromatic heterocycles. The van der Waals surface area contributed by atoms with Gasteiger partial charge in [0.25, 0.3) is 5.56 Å². The quantitative estimate of drug-likeness (QED) is 0.615. The molecule has 118 valence electrons. The summed E-state index contributed by atoms with van der Waals surface area (Å²) in [4.78, 5) is 30.7. The van der Waals surface area contributed by atoms with Crippen LogP contribution in [-0.4, -0.2) is 31.8 Å². The van der Waals surface area contributed by atoms with Crippen LogP contribution in [0.1, 0.15) is 30.1 Å². The number of hydrogen-bond donors (Lipinski definition) is 2. The third-order valence-corrected chi connectivity index (χ3v) is 4.77. The Labute approximate surface area is 136 Å². The van der Waals surface area contributed by atoms with Crippen LogP contribution in [-0.2, 0) is 17.6 Å². The minimum atomic E-state index is -0.205. The number of nitrogens with one attached hydrogen (secondary N) is 2. The van der Waals surface area contributed by atoms with Crippen molar-refractivity contribution in [1.29, 1.82) is 0 Å². The van der Waals surface area contributed by atoms with Gasteiger partial charge in [-0.3, -0.25) is 14.9 Å². The minimum Gasteiger partial charge on any atom is -0.301 e. The Hall–Kier alpha value is -1.74. The van der Waals surface area contributed by atoms with E-state index in [4.69, 9.17) is 0 Å². The van der Waals surface area contributed by atoms with Crippen LogP contribution in [0.25, 0.3) is 0 Å². The first-order chi connectivity index (χ1) is 10.5. The Kier molecular flexibility index (Phi) is 5.67. The molecular weight excluding hydrogens is 322 g/mol. The number of H-pyrrole nitrogens is 1. The molecular formula is C13H17N5O2S2. The molecule has 0 saturated heterocycles. The number of thioether (sulfide) groups is 1. The van der Waals surface area contributed by atoms with E-state index in [0.717, 1.165) is 11.4 Å². The molecule has 1 amide bonds. The lowest BCUT2D eigenvalue weighted by Gasteiger charge is -2.05. The number of aromatic nitrogens is 4. The molecule has 2 aromatic rings. The monoisotopic (exact) mass is 339 g/mol. The van der Waals surface area contributed by atoms with Crippen LogP contribution >= 0.6 is 23.1 Å². The lowest BCUT2D eigenvalue weighted by molar-refractivity contribution is -0.113. The highest BCUT2D eigenvalue weighted by Gasteiger charge is 2.11. The lowest BCUT2D eigenvalue weighted by atomic mass is 10.2.